The third-order valence-corrected chi connectivity index (χ3v) is 6.83. The number of aliphatic hydroxyl groups is 2. The number of carbonyl (C=O) groups is 2. The molecule has 4 aromatic rings. The van der Waals surface area contributed by atoms with Gasteiger partial charge in [-0.3, -0.25) is 9.59 Å². The van der Waals surface area contributed by atoms with Gasteiger partial charge >= 0.3 is 11.9 Å². The monoisotopic (exact) mass is 620 g/mol. The van der Waals surface area contributed by atoms with Crippen molar-refractivity contribution >= 4 is 29.0 Å². The Morgan fingerprint density at radius 3 is 2.24 bits per heavy atom. The van der Waals surface area contributed by atoms with Crippen molar-refractivity contribution < 1.29 is 58.5 Å². The third kappa shape index (κ3) is 7.24. The summed E-state index contributed by atoms with van der Waals surface area (Å²) in [7, 11) is 0. The normalized spacial score (nSPS) is 21.4. The number of hydrogen-bond donors (Lipinski definition) is 5. The van der Waals surface area contributed by atoms with E-state index < -0.39 is 60.4 Å². The van der Waals surface area contributed by atoms with Crippen molar-refractivity contribution in [3.63, 3.8) is 0 Å². The molecule has 0 radical (unpaired) electrons. The largest absolute Gasteiger partial charge is 0.508 e. The Balaban J connectivity index is 1.36. The van der Waals surface area contributed by atoms with Crippen LogP contribution in [0.25, 0.3) is 28.4 Å². The zero-order chi connectivity index (χ0) is 32.2. The van der Waals surface area contributed by atoms with E-state index in [1.54, 1.807) is 12.1 Å². The van der Waals surface area contributed by atoms with Crippen molar-refractivity contribution in [3.05, 3.63) is 88.6 Å². The minimum atomic E-state index is -1.74. The lowest BCUT2D eigenvalue weighted by atomic mass is 9.99. The summed E-state index contributed by atoms with van der Waals surface area (Å²) in [5, 5.41) is 51.1. The third-order valence-electron chi connectivity index (χ3n) is 6.83. The number of phenolic OH excluding ortho intramolecular Hbond substituents is 3. The van der Waals surface area contributed by atoms with E-state index in [1.807, 2.05) is 0 Å². The van der Waals surface area contributed by atoms with Gasteiger partial charge in [0.1, 0.15) is 58.5 Å². The van der Waals surface area contributed by atoms with E-state index in [0.717, 1.165) is 19.1 Å². The lowest BCUT2D eigenvalue weighted by Crippen LogP contribution is -2.61. The van der Waals surface area contributed by atoms with Crippen molar-refractivity contribution in [1.82, 2.24) is 0 Å². The number of benzene rings is 3. The lowest BCUT2D eigenvalue weighted by molar-refractivity contribution is -0.281. The van der Waals surface area contributed by atoms with Gasteiger partial charge in [0.15, 0.2) is 17.6 Å². The number of hydrogen-bond acceptors (Lipinski definition) is 13. The molecule has 1 fully saturated rings. The van der Waals surface area contributed by atoms with Gasteiger partial charge in [-0.15, -0.1) is 0 Å². The number of esters is 2. The molecule has 13 heteroatoms. The molecule has 0 aliphatic carbocycles. The number of fused-ring (bicyclic) bond motifs is 1. The Labute approximate surface area is 254 Å². The Hall–Kier alpha value is -5.37. The molecule has 0 spiro atoms. The smallest absolute Gasteiger partial charge is 0.330 e. The first kappa shape index (κ1) is 31.1. The van der Waals surface area contributed by atoms with Crippen molar-refractivity contribution in [2.24, 2.45) is 0 Å². The highest BCUT2D eigenvalue weighted by molar-refractivity contribution is 5.87. The fourth-order valence-electron chi connectivity index (χ4n) is 4.64. The first-order valence-corrected chi connectivity index (χ1v) is 13.6. The van der Waals surface area contributed by atoms with E-state index in [1.165, 1.54) is 54.6 Å². The van der Waals surface area contributed by atoms with E-state index >= 15 is 0 Å². The fraction of sp³-hybridized carbons (Fsp3) is 0.219. The molecule has 13 nitrogen and oxygen atoms in total. The van der Waals surface area contributed by atoms with Crippen LogP contribution in [0.3, 0.4) is 0 Å². The van der Waals surface area contributed by atoms with Crippen molar-refractivity contribution in [1.29, 1.82) is 0 Å². The quantitative estimate of drug-likeness (QED) is 0.142. The molecule has 1 aliphatic rings. The van der Waals surface area contributed by atoms with E-state index in [2.05, 4.69) is 0 Å². The van der Waals surface area contributed by atoms with Crippen molar-refractivity contribution in [2.75, 3.05) is 6.61 Å². The standard InChI is InChI=1S/C32H28O13/c1-16(33)42-31-29(39)26(15-41-27(38)11-4-17-2-7-19(34)8-3-17)45-32(30(31)40)43-21-12-22(36)28-23(37)14-24(44-25(28)13-21)18-5-9-20(35)10-6-18/h2-14,26,29-32,34-36,39-40H,15H2,1H3/b11-4+/t26?,29-,30?,31+,32-/m1/s1. The van der Waals surface area contributed by atoms with Gasteiger partial charge in [-0.05, 0) is 48.0 Å². The Bertz CT molecular complexity index is 1780. The highest BCUT2D eigenvalue weighted by Gasteiger charge is 2.48. The number of phenols is 3. The maximum absolute atomic E-state index is 12.8. The first-order valence-electron chi connectivity index (χ1n) is 13.6. The van der Waals surface area contributed by atoms with Gasteiger partial charge in [0, 0.05) is 36.8 Å². The molecule has 2 heterocycles. The van der Waals surface area contributed by atoms with E-state index in [9.17, 15) is 39.9 Å². The Morgan fingerprint density at radius 1 is 0.911 bits per heavy atom. The molecule has 3 aromatic carbocycles. The van der Waals surface area contributed by atoms with Gasteiger partial charge in [0.25, 0.3) is 0 Å². The zero-order valence-corrected chi connectivity index (χ0v) is 23.6. The molecule has 234 valence electrons. The van der Waals surface area contributed by atoms with Gasteiger partial charge < -0.3 is 48.9 Å². The van der Waals surface area contributed by atoms with Crippen LogP contribution in [0.4, 0.5) is 0 Å². The van der Waals surface area contributed by atoms with E-state index in [0.29, 0.717) is 11.1 Å². The molecule has 5 N–H and O–H groups in total. The van der Waals surface area contributed by atoms with Crippen LogP contribution in [0.5, 0.6) is 23.0 Å². The summed E-state index contributed by atoms with van der Waals surface area (Å²) >= 11 is 0. The maximum Gasteiger partial charge on any atom is 0.330 e. The summed E-state index contributed by atoms with van der Waals surface area (Å²) < 4.78 is 27.6. The van der Waals surface area contributed by atoms with Gasteiger partial charge in [-0.1, -0.05) is 12.1 Å². The van der Waals surface area contributed by atoms with Crippen LogP contribution in [0.2, 0.25) is 0 Å². The number of ether oxygens (including phenoxy) is 4. The summed E-state index contributed by atoms with van der Waals surface area (Å²) in [6.45, 7) is 0.543. The average molecular weight is 621 g/mol. The molecule has 1 aromatic heterocycles. The molecule has 1 aliphatic heterocycles. The molecule has 1 saturated heterocycles. The first-order chi connectivity index (χ1) is 21.5. The highest BCUT2D eigenvalue weighted by Crippen LogP contribution is 2.34. The molecular weight excluding hydrogens is 592 g/mol. The van der Waals surface area contributed by atoms with Crippen LogP contribution >= 0.6 is 0 Å². The van der Waals surface area contributed by atoms with Gasteiger partial charge in [-0.25, -0.2) is 4.79 Å². The van der Waals surface area contributed by atoms with Crippen LogP contribution in [0.15, 0.2) is 82.0 Å². The molecule has 2 unspecified atom stereocenters. The SMILES string of the molecule is CC(=O)O[C@@H]1C(O)[C@H](Oc2cc(O)c3c(=O)cc(-c4ccc(O)cc4)oc3c2)OC(COC(=O)/C=C/c2ccc(O)cc2)[C@H]1O. The molecule has 5 atom stereocenters. The van der Waals surface area contributed by atoms with Crippen LogP contribution in [-0.4, -0.2) is 74.8 Å². The second kappa shape index (κ2) is 13.1. The predicted octanol–water partition coefficient (Wildman–Crippen LogP) is 2.59. The second-order valence-corrected chi connectivity index (χ2v) is 10.1. The lowest BCUT2D eigenvalue weighted by Gasteiger charge is -2.41. The maximum atomic E-state index is 12.8. The van der Waals surface area contributed by atoms with Gasteiger partial charge in [0.05, 0.1) is 0 Å². The minimum absolute atomic E-state index is 0.0112. The summed E-state index contributed by atoms with van der Waals surface area (Å²) in [4.78, 5) is 36.9. The zero-order valence-electron chi connectivity index (χ0n) is 23.6. The van der Waals surface area contributed by atoms with Crippen molar-refractivity contribution in [2.45, 2.75) is 37.6 Å². The van der Waals surface area contributed by atoms with Crippen LogP contribution in [0, 0.1) is 0 Å². The summed E-state index contributed by atoms with van der Waals surface area (Å²) in [5.41, 5.74) is 0.442. The van der Waals surface area contributed by atoms with Gasteiger partial charge in [-0.2, -0.15) is 0 Å². The fourth-order valence-corrected chi connectivity index (χ4v) is 4.64. The number of aliphatic hydroxyl groups excluding tert-OH is 2. The molecular formula is C32H28O13. The number of aromatic hydroxyl groups is 3. The topological polar surface area (TPSA) is 202 Å². The molecule has 0 bridgehead atoms. The average Bonchev–Trinajstić information content (AvgIpc) is 2.99. The van der Waals surface area contributed by atoms with Crippen LogP contribution < -0.4 is 10.2 Å². The van der Waals surface area contributed by atoms with Gasteiger partial charge in [0.2, 0.25) is 6.29 Å². The summed E-state index contributed by atoms with van der Waals surface area (Å²) in [6.07, 6.45) is -5.31. The second-order valence-electron chi connectivity index (χ2n) is 10.1. The minimum Gasteiger partial charge on any atom is -0.508 e. The highest BCUT2D eigenvalue weighted by atomic mass is 16.7. The molecule has 0 saturated carbocycles. The van der Waals surface area contributed by atoms with E-state index in [-0.39, 0.29) is 34.0 Å². The molecule has 45 heavy (non-hydrogen) atoms. The molecule has 5 rings (SSSR count). The summed E-state index contributed by atoms with van der Waals surface area (Å²) in [6, 6.07) is 15.4. The Kier molecular flexibility index (Phi) is 9.04. The molecule has 0 amide bonds. The van der Waals surface area contributed by atoms with Crippen LogP contribution in [-0.2, 0) is 23.8 Å². The Morgan fingerprint density at radius 2 is 1.58 bits per heavy atom. The number of rotatable bonds is 8. The predicted molar refractivity (Wildman–Crippen MR) is 156 cm³/mol. The van der Waals surface area contributed by atoms with Crippen LogP contribution in [0.1, 0.15) is 12.5 Å². The summed E-state index contributed by atoms with van der Waals surface area (Å²) in [5.74, 6) is -2.04. The van der Waals surface area contributed by atoms with Crippen molar-refractivity contribution in [3.8, 4) is 34.3 Å². The van der Waals surface area contributed by atoms with E-state index in [4.69, 9.17) is 23.4 Å². The number of carbonyl (C=O) groups excluding carboxylic acids is 2.